The predicted molar refractivity (Wildman–Crippen MR) is 88.7 cm³/mol. The van der Waals surface area contributed by atoms with Crippen LogP contribution in [-0.2, 0) is 11.2 Å². The van der Waals surface area contributed by atoms with Gasteiger partial charge >= 0.3 is 0 Å². The SMILES string of the molecule is CN(C)C[C@]1(O)CCN(C(=O)CCCCc2ccccc2)C1. The lowest BCUT2D eigenvalue weighted by atomic mass is 10.0. The summed E-state index contributed by atoms with van der Waals surface area (Å²) >= 11 is 0. The number of nitrogens with zero attached hydrogens (tertiary/aromatic N) is 2. The highest BCUT2D eigenvalue weighted by atomic mass is 16.3. The number of β-amino-alcohol motifs (C(OH)–C–C–N with tert-alkyl or cyclic N) is 1. The molecule has 122 valence electrons. The number of hydrogen-bond acceptors (Lipinski definition) is 3. The summed E-state index contributed by atoms with van der Waals surface area (Å²) in [6.07, 6.45) is 4.24. The molecule has 1 N–H and O–H groups in total. The molecule has 0 aliphatic carbocycles. The van der Waals surface area contributed by atoms with Crippen LogP contribution >= 0.6 is 0 Å². The second kappa shape index (κ2) is 7.75. The third-order valence-corrected chi connectivity index (χ3v) is 4.24. The van der Waals surface area contributed by atoms with Gasteiger partial charge in [0.05, 0.1) is 12.1 Å². The Bertz CT molecular complexity index is 475. The number of likely N-dealkylation sites (N-methyl/N-ethyl adjacent to an activating group) is 1. The number of rotatable bonds is 7. The van der Waals surface area contributed by atoms with E-state index < -0.39 is 5.60 Å². The molecular weight excluding hydrogens is 276 g/mol. The van der Waals surface area contributed by atoms with Crippen molar-refractivity contribution in [2.75, 3.05) is 33.7 Å². The molecular formula is C18H28N2O2. The van der Waals surface area contributed by atoms with Crippen molar-refractivity contribution >= 4 is 5.91 Å². The molecule has 1 aromatic carbocycles. The third-order valence-electron chi connectivity index (χ3n) is 4.24. The molecule has 0 spiro atoms. The van der Waals surface area contributed by atoms with E-state index in [1.807, 2.05) is 30.0 Å². The molecule has 4 heteroatoms. The summed E-state index contributed by atoms with van der Waals surface area (Å²) in [4.78, 5) is 16.0. The van der Waals surface area contributed by atoms with Crippen molar-refractivity contribution in [3.05, 3.63) is 35.9 Å². The number of benzene rings is 1. The van der Waals surface area contributed by atoms with E-state index in [-0.39, 0.29) is 5.91 Å². The Balaban J connectivity index is 1.68. The van der Waals surface area contributed by atoms with Crippen LogP contribution < -0.4 is 0 Å². The Morgan fingerprint density at radius 2 is 2.00 bits per heavy atom. The van der Waals surface area contributed by atoms with Gasteiger partial charge < -0.3 is 14.9 Å². The molecule has 22 heavy (non-hydrogen) atoms. The Hall–Kier alpha value is -1.39. The molecule has 1 aliphatic rings. The van der Waals surface area contributed by atoms with Gasteiger partial charge in [0.1, 0.15) is 0 Å². The average Bonchev–Trinajstić information content (AvgIpc) is 2.85. The maximum Gasteiger partial charge on any atom is 0.222 e. The highest BCUT2D eigenvalue weighted by Crippen LogP contribution is 2.23. The van der Waals surface area contributed by atoms with Gasteiger partial charge in [0.15, 0.2) is 0 Å². The highest BCUT2D eigenvalue weighted by molar-refractivity contribution is 5.76. The molecule has 1 amide bonds. The van der Waals surface area contributed by atoms with Crippen LogP contribution in [0.4, 0.5) is 0 Å². The molecule has 0 bridgehead atoms. The molecule has 1 saturated heterocycles. The Morgan fingerprint density at radius 3 is 2.68 bits per heavy atom. The van der Waals surface area contributed by atoms with Crippen LogP contribution in [0.15, 0.2) is 30.3 Å². The van der Waals surface area contributed by atoms with Gasteiger partial charge in [-0.25, -0.2) is 0 Å². The van der Waals surface area contributed by atoms with Crippen LogP contribution in [0.2, 0.25) is 0 Å². The van der Waals surface area contributed by atoms with Gasteiger partial charge in [-0.05, 0) is 45.3 Å². The first-order valence-electron chi connectivity index (χ1n) is 8.17. The second-order valence-corrected chi connectivity index (χ2v) is 6.72. The molecule has 0 aromatic heterocycles. The molecule has 2 rings (SSSR count). The molecule has 1 aliphatic heterocycles. The summed E-state index contributed by atoms with van der Waals surface area (Å²) in [6, 6.07) is 10.4. The lowest BCUT2D eigenvalue weighted by Gasteiger charge is -2.26. The fourth-order valence-corrected chi connectivity index (χ4v) is 3.20. The minimum Gasteiger partial charge on any atom is -0.387 e. The number of likely N-dealkylation sites (tertiary alicyclic amines) is 1. The summed E-state index contributed by atoms with van der Waals surface area (Å²) in [5.41, 5.74) is 0.597. The maximum absolute atomic E-state index is 12.2. The van der Waals surface area contributed by atoms with E-state index in [0.717, 1.165) is 19.3 Å². The standard InChI is InChI=1S/C18H28N2O2/c1-19(2)14-18(22)12-13-20(15-18)17(21)11-7-6-10-16-8-4-3-5-9-16/h3-5,8-9,22H,6-7,10-15H2,1-2H3/t18-/m1/s1. The number of amides is 1. The molecule has 1 fully saturated rings. The first-order valence-corrected chi connectivity index (χ1v) is 8.17. The van der Waals surface area contributed by atoms with E-state index in [4.69, 9.17) is 0 Å². The van der Waals surface area contributed by atoms with E-state index in [9.17, 15) is 9.90 Å². The number of unbranched alkanes of at least 4 members (excludes halogenated alkanes) is 1. The van der Waals surface area contributed by atoms with Gasteiger partial charge in [0.25, 0.3) is 0 Å². The van der Waals surface area contributed by atoms with Crippen LogP contribution in [0.3, 0.4) is 0 Å². The third kappa shape index (κ3) is 5.11. The van der Waals surface area contributed by atoms with Crippen molar-refractivity contribution in [1.29, 1.82) is 0 Å². The Kier molecular flexibility index (Phi) is 5.98. The lowest BCUT2D eigenvalue weighted by Crippen LogP contribution is -2.43. The van der Waals surface area contributed by atoms with E-state index >= 15 is 0 Å². The molecule has 1 atom stereocenters. The van der Waals surface area contributed by atoms with Crippen LogP contribution in [0.5, 0.6) is 0 Å². The molecule has 0 radical (unpaired) electrons. The van der Waals surface area contributed by atoms with Crippen molar-refractivity contribution in [1.82, 2.24) is 9.80 Å². The van der Waals surface area contributed by atoms with E-state index in [2.05, 4.69) is 24.3 Å². The number of aliphatic hydroxyl groups is 1. The van der Waals surface area contributed by atoms with Crippen molar-refractivity contribution in [2.45, 2.75) is 37.7 Å². The van der Waals surface area contributed by atoms with Gasteiger partial charge in [-0.3, -0.25) is 4.79 Å². The predicted octanol–water partition coefficient (Wildman–Crippen LogP) is 1.92. The molecule has 0 saturated carbocycles. The topological polar surface area (TPSA) is 43.8 Å². The first kappa shape index (κ1) is 17.0. The van der Waals surface area contributed by atoms with E-state index in [0.29, 0.717) is 32.5 Å². The summed E-state index contributed by atoms with van der Waals surface area (Å²) < 4.78 is 0. The zero-order chi connectivity index (χ0) is 16.0. The zero-order valence-electron chi connectivity index (χ0n) is 13.8. The Morgan fingerprint density at radius 1 is 1.27 bits per heavy atom. The molecule has 1 heterocycles. The quantitative estimate of drug-likeness (QED) is 0.783. The van der Waals surface area contributed by atoms with Gasteiger partial charge in [-0.2, -0.15) is 0 Å². The lowest BCUT2D eigenvalue weighted by molar-refractivity contribution is -0.131. The van der Waals surface area contributed by atoms with E-state index in [1.165, 1.54) is 5.56 Å². The number of hydrogen-bond donors (Lipinski definition) is 1. The van der Waals surface area contributed by atoms with Crippen molar-refractivity contribution < 1.29 is 9.90 Å². The van der Waals surface area contributed by atoms with Gasteiger partial charge in [-0.1, -0.05) is 30.3 Å². The molecule has 0 unspecified atom stereocenters. The summed E-state index contributed by atoms with van der Waals surface area (Å²) in [7, 11) is 3.90. The first-order chi connectivity index (χ1) is 10.5. The summed E-state index contributed by atoms with van der Waals surface area (Å²) in [5.74, 6) is 0.183. The van der Waals surface area contributed by atoms with Crippen molar-refractivity contribution in [2.24, 2.45) is 0 Å². The van der Waals surface area contributed by atoms with Crippen LogP contribution in [0.1, 0.15) is 31.2 Å². The summed E-state index contributed by atoms with van der Waals surface area (Å²) in [5, 5.41) is 10.5. The normalized spacial score (nSPS) is 21.5. The van der Waals surface area contributed by atoms with Crippen molar-refractivity contribution in [3.8, 4) is 0 Å². The zero-order valence-corrected chi connectivity index (χ0v) is 13.8. The minimum atomic E-state index is -0.733. The molecule has 4 nitrogen and oxygen atoms in total. The number of carbonyl (C=O) groups excluding carboxylic acids is 1. The Labute approximate surface area is 133 Å². The number of carbonyl (C=O) groups is 1. The summed E-state index contributed by atoms with van der Waals surface area (Å²) in [6.45, 7) is 1.77. The van der Waals surface area contributed by atoms with Gasteiger partial charge in [0.2, 0.25) is 5.91 Å². The second-order valence-electron chi connectivity index (χ2n) is 6.72. The van der Waals surface area contributed by atoms with Crippen LogP contribution in [0.25, 0.3) is 0 Å². The van der Waals surface area contributed by atoms with Crippen molar-refractivity contribution in [3.63, 3.8) is 0 Å². The fourth-order valence-electron chi connectivity index (χ4n) is 3.20. The van der Waals surface area contributed by atoms with Crippen LogP contribution in [-0.4, -0.2) is 60.1 Å². The van der Waals surface area contributed by atoms with Gasteiger partial charge in [0, 0.05) is 19.5 Å². The van der Waals surface area contributed by atoms with E-state index in [1.54, 1.807) is 0 Å². The smallest absolute Gasteiger partial charge is 0.222 e. The highest BCUT2D eigenvalue weighted by Gasteiger charge is 2.38. The van der Waals surface area contributed by atoms with Gasteiger partial charge in [-0.15, -0.1) is 0 Å². The number of aryl methyl sites for hydroxylation is 1. The minimum absolute atomic E-state index is 0.183. The average molecular weight is 304 g/mol. The maximum atomic E-state index is 12.2. The fraction of sp³-hybridized carbons (Fsp3) is 0.611. The van der Waals surface area contributed by atoms with Crippen LogP contribution in [0, 0.1) is 0 Å². The monoisotopic (exact) mass is 304 g/mol. The largest absolute Gasteiger partial charge is 0.387 e. The molecule has 1 aromatic rings.